The highest BCUT2D eigenvalue weighted by atomic mass is 15.2. The summed E-state index contributed by atoms with van der Waals surface area (Å²) in [7, 11) is 2.20. The minimum atomic E-state index is 0.290. The molecule has 2 aliphatic heterocycles. The first-order valence-corrected chi connectivity index (χ1v) is 6.12. The Morgan fingerprint density at radius 2 is 1.87 bits per heavy atom. The number of likely N-dealkylation sites (tertiary alicyclic amines) is 2. The van der Waals surface area contributed by atoms with E-state index in [0.29, 0.717) is 5.92 Å². The molecule has 3 heteroatoms. The summed E-state index contributed by atoms with van der Waals surface area (Å²) in [4.78, 5) is 4.96. The van der Waals surface area contributed by atoms with Crippen LogP contribution in [-0.2, 0) is 0 Å². The molecule has 2 rings (SSSR count). The van der Waals surface area contributed by atoms with Gasteiger partial charge in [-0.05, 0) is 52.4 Å². The normalized spacial score (nSPS) is 31.3. The summed E-state index contributed by atoms with van der Waals surface area (Å²) in [6, 6.07) is 3.18. The molecule has 0 aromatic rings. The Morgan fingerprint density at radius 1 is 1.13 bits per heavy atom. The van der Waals surface area contributed by atoms with Crippen LogP contribution in [0.3, 0.4) is 0 Å². The minimum absolute atomic E-state index is 0.290. The maximum atomic E-state index is 8.96. The fourth-order valence-corrected chi connectivity index (χ4v) is 2.80. The van der Waals surface area contributed by atoms with Gasteiger partial charge >= 0.3 is 0 Å². The third-order valence-corrected chi connectivity index (χ3v) is 3.84. The van der Waals surface area contributed by atoms with E-state index in [2.05, 4.69) is 22.9 Å². The second-order valence-corrected chi connectivity index (χ2v) is 5.00. The van der Waals surface area contributed by atoms with Crippen molar-refractivity contribution in [3.63, 3.8) is 0 Å². The summed E-state index contributed by atoms with van der Waals surface area (Å²) in [6.45, 7) is 4.67. The minimum Gasteiger partial charge on any atom is -0.306 e. The molecule has 0 saturated carbocycles. The van der Waals surface area contributed by atoms with E-state index in [-0.39, 0.29) is 0 Å². The van der Waals surface area contributed by atoms with E-state index in [4.69, 9.17) is 5.26 Å². The van der Waals surface area contributed by atoms with E-state index in [1.54, 1.807) is 0 Å². The maximum absolute atomic E-state index is 8.96. The molecule has 0 radical (unpaired) electrons. The van der Waals surface area contributed by atoms with Crippen LogP contribution in [0.15, 0.2) is 0 Å². The van der Waals surface area contributed by atoms with Gasteiger partial charge in [-0.1, -0.05) is 0 Å². The fourth-order valence-electron chi connectivity index (χ4n) is 2.80. The lowest BCUT2D eigenvalue weighted by Crippen LogP contribution is -2.47. The molecule has 0 unspecified atom stereocenters. The molecule has 0 bridgehead atoms. The van der Waals surface area contributed by atoms with Gasteiger partial charge in [-0.15, -0.1) is 0 Å². The second kappa shape index (κ2) is 4.96. The van der Waals surface area contributed by atoms with Gasteiger partial charge in [-0.25, -0.2) is 0 Å². The van der Waals surface area contributed by atoms with Gasteiger partial charge in [0, 0.05) is 12.6 Å². The smallest absolute Gasteiger partial charge is 0.0669 e. The third kappa shape index (κ3) is 2.70. The van der Waals surface area contributed by atoms with Gasteiger partial charge in [0.25, 0.3) is 0 Å². The van der Waals surface area contributed by atoms with Gasteiger partial charge in [-0.3, -0.25) is 4.90 Å². The van der Waals surface area contributed by atoms with E-state index < -0.39 is 0 Å². The van der Waals surface area contributed by atoms with Gasteiger partial charge in [0.15, 0.2) is 0 Å². The van der Waals surface area contributed by atoms with Crippen LogP contribution in [0.4, 0.5) is 0 Å². The molecule has 0 N–H and O–H groups in total. The Hall–Kier alpha value is -0.590. The molecule has 2 saturated heterocycles. The van der Waals surface area contributed by atoms with Crippen LogP contribution < -0.4 is 0 Å². The first-order valence-electron chi connectivity index (χ1n) is 6.12. The van der Waals surface area contributed by atoms with Crippen LogP contribution in [0.2, 0.25) is 0 Å². The van der Waals surface area contributed by atoms with Gasteiger partial charge < -0.3 is 4.90 Å². The van der Waals surface area contributed by atoms with Crippen LogP contribution in [0.1, 0.15) is 25.7 Å². The average Bonchev–Trinajstić information content (AvgIpc) is 2.30. The van der Waals surface area contributed by atoms with Crippen LogP contribution >= 0.6 is 0 Å². The van der Waals surface area contributed by atoms with E-state index in [9.17, 15) is 0 Å². The molecular formula is C12H21N3. The molecule has 1 atom stereocenters. The van der Waals surface area contributed by atoms with Crippen molar-refractivity contribution in [2.75, 3.05) is 33.2 Å². The standard InChI is InChI=1S/C12H21N3/c1-14-7-4-12(5-8-14)15-6-2-3-11(9-13)10-15/h11-12H,2-8,10H2,1H3/t11-/m1/s1. The van der Waals surface area contributed by atoms with Crippen LogP contribution in [0.5, 0.6) is 0 Å². The first-order chi connectivity index (χ1) is 7.29. The van der Waals surface area contributed by atoms with Crippen molar-refractivity contribution in [3.05, 3.63) is 0 Å². The highest BCUT2D eigenvalue weighted by Gasteiger charge is 2.27. The molecule has 2 heterocycles. The van der Waals surface area contributed by atoms with Gasteiger partial charge in [-0.2, -0.15) is 5.26 Å². The largest absolute Gasteiger partial charge is 0.306 e. The topological polar surface area (TPSA) is 30.3 Å². The van der Waals surface area contributed by atoms with Crippen molar-refractivity contribution < 1.29 is 0 Å². The summed E-state index contributed by atoms with van der Waals surface area (Å²) < 4.78 is 0. The summed E-state index contributed by atoms with van der Waals surface area (Å²) in [6.07, 6.45) is 4.90. The van der Waals surface area contributed by atoms with Crippen LogP contribution in [0, 0.1) is 17.2 Å². The zero-order chi connectivity index (χ0) is 10.7. The summed E-state index contributed by atoms with van der Waals surface area (Å²) in [5.74, 6) is 0.290. The highest BCUT2D eigenvalue weighted by Crippen LogP contribution is 2.22. The van der Waals surface area contributed by atoms with E-state index in [0.717, 1.165) is 19.0 Å². The Kier molecular flexibility index (Phi) is 3.61. The lowest BCUT2D eigenvalue weighted by Gasteiger charge is -2.40. The zero-order valence-electron chi connectivity index (χ0n) is 9.65. The molecule has 3 nitrogen and oxygen atoms in total. The molecule has 0 amide bonds. The molecule has 84 valence electrons. The van der Waals surface area contributed by atoms with E-state index in [1.165, 1.54) is 38.9 Å². The summed E-state index contributed by atoms with van der Waals surface area (Å²) in [5, 5.41) is 8.96. The maximum Gasteiger partial charge on any atom is 0.0669 e. The van der Waals surface area contributed by atoms with Gasteiger partial charge in [0.05, 0.1) is 12.0 Å². The molecule has 0 aromatic carbocycles. The van der Waals surface area contributed by atoms with Crippen LogP contribution in [0.25, 0.3) is 0 Å². The zero-order valence-corrected chi connectivity index (χ0v) is 9.65. The van der Waals surface area contributed by atoms with Crippen molar-refractivity contribution in [2.24, 2.45) is 5.92 Å². The summed E-state index contributed by atoms with van der Waals surface area (Å²) in [5.41, 5.74) is 0. The average molecular weight is 207 g/mol. The van der Waals surface area contributed by atoms with Crippen molar-refractivity contribution in [2.45, 2.75) is 31.7 Å². The third-order valence-electron chi connectivity index (χ3n) is 3.84. The molecule has 15 heavy (non-hydrogen) atoms. The predicted octanol–water partition coefficient (Wildman–Crippen LogP) is 1.32. The number of hydrogen-bond acceptors (Lipinski definition) is 3. The number of rotatable bonds is 1. The monoisotopic (exact) mass is 207 g/mol. The van der Waals surface area contributed by atoms with Crippen LogP contribution in [-0.4, -0.2) is 49.1 Å². The molecule has 0 spiro atoms. The number of hydrogen-bond donors (Lipinski definition) is 0. The van der Waals surface area contributed by atoms with Crippen molar-refractivity contribution in [1.82, 2.24) is 9.80 Å². The number of nitrogens with zero attached hydrogens (tertiary/aromatic N) is 3. The molecule has 2 aliphatic rings. The molecular weight excluding hydrogens is 186 g/mol. The van der Waals surface area contributed by atoms with E-state index >= 15 is 0 Å². The fraction of sp³-hybridized carbons (Fsp3) is 0.917. The molecule has 2 fully saturated rings. The Balaban J connectivity index is 1.85. The van der Waals surface area contributed by atoms with E-state index in [1.807, 2.05) is 0 Å². The SMILES string of the molecule is CN1CCC(N2CCC[C@H](C#N)C2)CC1. The Bertz CT molecular complexity index is 238. The molecule has 0 aliphatic carbocycles. The Morgan fingerprint density at radius 3 is 2.53 bits per heavy atom. The number of piperidine rings is 2. The lowest BCUT2D eigenvalue weighted by molar-refractivity contribution is 0.0900. The second-order valence-electron chi connectivity index (χ2n) is 5.00. The Labute approximate surface area is 92.7 Å². The van der Waals surface area contributed by atoms with Crippen molar-refractivity contribution in [3.8, 4) is 6.07 Å². The first kappa shape index (κ1) is 10.9. The lowest BCUT2D eigenvalue weighted by atomic mass is 9.95. The quantitative estimate of drug-likeness (QED) is 0.649. The molecule has 0 aromatic heterocycles. The summed E-state index contributed by atoms with van der Waals surface area (Å²) >= 11 is 0. The number of nitriles is 1. The van der Waals surface area contributed by atoms with Gasteiger partial charge in [0.1, 0.15) is 0 Å². The van der Waals surface area contributed by atoms with Crippen molar-refractivity contribution >= 4 is 0 Å². The van der Waals surface area contributed by atoms with Crippen molar-refractivity contribution in [1.29, 1.82) is 5.26 Å². The predicted molar refractivity (Wildman–Crippen MR) is 60.4 cm³/mol. The highest BCUT2D eigenvalue weighted by molar-refractivity contribution is 4.91. The van der Waals surface area contributed by atoms with Gasteiger partial charge in [0.2, 0.25) is 0 Å².